The number of hydrogen-bond acceptors (Lipinski definition) is 5. The standard InChI is InChI=1S/C20H15Cl2NO4S/c1-3-7-27-18-15(22)8-12(9-16(18)26-2)10-17-19(24)23(20(25)28-17)14-6-4-5-13(21)11-14/h1,4-6,8-9,11,17H,7,10H2,2H3/t17-/m0/s1. The first kappa shape index (κ1) is 20.4. The molecule has 2 amide bonds. The Kier molecular flexibility index (Phi) is 6.40. The molecule has 1 atom stereocenters. The Balaban J connectivity index is 1.82. The predicted octanol–water partition coefficient (Wildman–Crippen LogP) is 4.83. The second-order valence-electron chi connectivity index (χ2n) is 5.83. The molecular weight excluding hydrogens is 421 g/mol. The van der Waals surface area contributed by atoms with Crippen molar-refractivity contribution in [3.05, 3.63) is 52.0 Å². The lowest BCUT2D eigenvalue weighted by molar-refractivity contribution is -0.117. The van der Waals surface area contributed by atoms with Crippen LogP contribution in [0.1, 0.15) is 5.56 Å². The first-order chi connectivity index (χ1) is 13.4. The van der Waals surface area contributed by atoms with E-state index in [0.29, 0.717) is 33.7 Å². The number of nitrogens with zero attached hydrogens (tertiary/aromatic N) is 1. The fourth-order valence-corrected chi connectivity index (χ4v) is 4.29. The van der Waals surface area contributed by atoms with Crippen LogP contribution in [-0.4, -0.2) is 30.1 Å². The van der Waals surface area contributed by atoms with Crippen molar-refractivity contribution >= 4 is 51.8 Å². The van der Waals surface area contributed by atoms with Crippen molar-refractivity contribution in [3.63, 3.8) is 0 Å². The predicted molar refractivity (Wildman–Crippen MR) is 112 cm³/mol. The molecule has 2 aromatic rings. The summed E-state index contributed by atoms with van der Waals surface area (Å²) in [5.74, 6) is 2.81. The van der Waals surface area contributed by atoms with Gasteiger partial charge in [-0.05, 0) is 42.3 Å². The van der Waals surface area contributed by atoms with Crippen LogP contribution in [0.15, 0.2) is 36.4 Å². The zero-order valence-corrected chi connectivity index (χ0v) is 17.1. The average Bonchev–Trinajstić information content (AvgIpc) is 2.93. The van der Waals surface area contributed by atoms with Crippen molar-refractivity contribution in [2.45, 2.75) is 11.7 Å². The number of ether oxygens (including phenoxy) is 2. The number of methoxy groups -OCH3 is 1. The highest BCUT2D eigenvalue weighted by Crippen LogP contribution is 2.39. The third-order valence-corrected chi connectivity index (χ3v) is 5.55. The maximum atomic E-state index is 12.8. The molecule has 144 valence electrons. The maximum Gasteiger partial charge on any atom is 0.293 e. The van der Waals surface area contributed by atoms with Crippen LogP contribution in [-0.2, 0) is 11.2 Å². The van der Waals surface area contributed by atoms with Crippen molar-refractivity contribution in [3.8, 4) is 23.8 Å². The molecule has 5 nitrogen and oxygen atoms in total. The van der Waals surface area contributed by atoms with Gasteiger partial charge in [-0.25, -0.2) is 4.90 Å². The van der Waals surface area contributed by atoms with Crippen molar-refractivity contribution in [2.75, 3.05) is 18.6 Å². The molecule has 0 N–H and O–H groups in total. The van der Waals surface area contributed by atoms with Crippen LogP contribution < -0.4 is 14.4 Å². The summed E-state index contributed by atoms with van der Waals surface area (Å²) in [5, 5.41) is -0.155. The molecule has 0 spiro atoms. The van der Waals surface area contributed by atoms with E-state index in [-0.39, 0.29) is 17.8 Å². The lowest BCUT2D eigenvalue weighted by Crippen LogP contribution is -2.32. The topological polar surface area (TPSA) is 55.8 Å². The molecular formula is C20H15Cl2NO4S. The Bertz CT molecular complexity index is 973. The highest BCUT2D eigenvalue weighted by molar-refractivity contribution is 8.15. The van der Waals surface area contributed by atoms with Crippen LogP contribution >= 0.6 is 35.0 Å². The molecule has 0 aromatic heterocycles. The number of amides is 2. The van der Waals surface area contributed by atoms with Crippen molar-refractivity contribution < 1.29 is 19.1 Å². The summed E-state index contributed by atoms with van der Waals surface area (Å²) < 4.78 is 10.7. The van der Waals surface area contributed by atoms with Gasteiger partial charge in [-0.1, -0.05) is 47.0 Å². The van der Waals surface area contributed by atoms with Gasteiger partial charge < -0.3 is 9.47 Å². The van der Waals surface area contributed by atoms with Gasteiger partial charge in [0.05, 0.1) is 23.1 Å². The Hall–Kier alpha value is -2.33. The second-order valence-corrected chi connectivity index (χ2v) is 7.83. The molecule has 0 bridgehead atoms. The lowest BCUT2D eigenvalue weighted by atomic mass is 10.1. The van der Waals surface area contributed by atoms with Crippen LogP contribution in [0.3, 0.4) is 0 Å². The van der Waals surface area contributed by atoms with E-state index >= 15 is 0 Å². The summed E-state index contributed by atoms with van der Waals surface area (Å²) in [6, 6.07) is 10.0. The van der Waals surface area contributed by atoms with Gasteiger partial charge in [0.1, 0.15) is 6.61 Å². The molecule has 0 unspecified atom stereocenters. The normalized spacial score (nSPS) is 16.2. The Morgan fingerprint density at radius 2 is 2.04 bits per heavy atom. The van der Waals surface area contributed by atoms with Gasteiger partial charge in [-0.2, -0.15) is 0 Å². The molecule has 3 rings (SSSR count). The van der Waals surface area contributed by atoms with Gasteiger partial charge >= 0.3 is 0 Å². The molecule has 0 saturated carbocycles. The smallest absolute Gasteiger partial charge is 0.293 e. The van der Waals surface area contributed by atoms with E-state index in [9.17, 15) is 9.59 Å². The third kappa shape index (κ3) is 4.22. The highest BCUT2D eigenvalue weighted by Gasteiger charge is 2.40. The minimum Gasteiger partial charge on any atom is -0.493 e. The molecule has 28 heavy (non-hydrogen) atoms. The first-order valence-electron chi connectivity index (χ1n) is 8.17. The summed E-state index contributed by atoms with van der Waals surface area (Å²) >= 11 is 13.2. The fourth-order valence-electron chi connectivity index (χ4n) is 2.79. The summed E-state index contributed by atoms with van der Waals surface area (Å²) in [7, 11) is 1.48. The number of carbonyl (C=O) groups is 2. The molecule has 1 aliphatic rings. The maximum absolute atomic E-state index is 12.8. The van der Waals surface area contributed by atoms with Crippen LogP contribution in [0.25, 0.3) is 0 Å². The number of imide groups is 1. The minimum absolute atomic E-state index is 0.0511. The largest absolute Gasteiger partial charge is 0.493 e. The van der Waals surface area contributed by atoms with Crippen LogP contribution in [0.5, 0.6) is 11.5 Å². The zero-order chi connectivity index (χ0) is 20.3. The van der Waals surface area contributed by atoms with E-state index in [1.54, 1.807) is 36.4 Å². The molecule has 1 aliphatic heterocycles. The average molecular weight is 436 g/mol. The van der Waals surface area contributed by atoms with Gasteiger partial charge in [-0.15, -0.1) is 6.42 Å². The number of halogens is 2. The van der Waals surface area contributed by atoms with Crippen molar-refractivity contribution in [2.24, 2.45) is 0 Å². The number of benzene rings is 2. The Morgan fingerprint density at radius 3 is 2.71 bits per heavy atom. The molecule has 8 heteroatoms. The van der Waals surface area contributed by atoms with Gasteiger partial charge in [0.15, 0.2) is 11.5 Å². The number of hydrogen-bond donors (Lipinski definition) is 0. The molecule has 0 aliphatic carbocycles. The summed E-state index contributed by atoms with van der Waals surface area (Å²) in [6.45, 7) is 0.0511. The molecule has 1 saturated heterocycles. The van der Waals surface area contributed by atoms with E-state index in [1.807, 2.05) is 0 Å². The number of thioether (sulfide) groups is 1. The van der Waals surface area contributed by atoms with E-state index in [0.717, 1.165) is 22.2 Å². The number of carbonyl (C=O) groups excluding carboxylic acids is 2. The highest BCUT2D eigenvalue weighted by atomic mass is 35.5. The zero-order valence-electron chi connectivity index (χ0n) is 14.8. The first-order valence-corrected chi connectivity index (χ1v) is 9.81. The van der Waals surface area contributed by atoms with E-state index < -0.39 is 5.25 Å². The van der Waals surface area contributed by atoms with Gasteiger partial charge in [0, 0.05) is 5.02 Å². The van der Waals surface area contributed by atoms with Gasteiger partial charge in [-0.3, -0.25) is 9.59 Å². The second kappa shape index (κ2) is 8.78. The molecule has 0 radical (unpaired) electrons. The van der Waals surface area contributed by atoms with E-state index in [4.69, 9.17) is 39.1 Å². The monoisotopic (exact) mass is 435 g/mol. The van der Waals surface area contributed by atoms with Crippen LogP contribution in [0.2, 0.25) is 10.0 Å². The third-order valence-electron chi connectivity index (χ3n) is 4.00. The number of anilines is 1. The summed E-state index contributed by atoms with van der Waals surface area (Å²) in [4.78, 5) is 26.3. The Labute approximate surface area is 176 Å². The minimum atomic E-state index is -0.579. The van der Waals surface area contributed by atoms with Gasteiger partial charge in [0.25, 0.3) is 5.24 Å². The van der Waals surface area contributed by atoms with Crippen molar-refractivity contribution in [1.29, 1.82) is 0 Å². The fraction of sp³-hybridized carbons (Fsp3) is 0.200. The van der Waals surface area contributed by atoms with Crippen LogP contribution in [0, 0.1) is 12.3 Å². The Morgan fingerprint density at radius 1 is 1.25 bits per heavy atom. The lowest BCUT2D eigenvalue weighted by Gasteiger charge is -2.15. The van der Waals surface area contributed by atoms with Crippen LogP contribution in [0.4, 0.5) is 10.5 Å². The summed E-state index contributed by atoms with van der Waals surface area (Å²) in [5.41, 5.74) is 1.19. The van der Waals surface area contributed by atoms with E-state index in [2.05, 4.69) is 5.92 Å². The van der Waals surface area contributed by atoms with Crippen molar-refractivity contribution in [1.82, 2.24) is 0 Å². The molecule has 2 aromatic carbocycles. The summed E-state index contributed by atoms with van der Waals surface area (Å²) in [6.07, 6.45) is 5.51. The molecule has 1 heterocycles. The number of terminal acetylenes is 1. The molecule has 1 fully saturated rings. The quantitative estimate of drug-likeness (QED) is 0.608. The van der Waals surface area contributed by atoms with Gasteiger partial charge in [0.2, 0.25) is 5.91 Å². The SMILES string of the molecule is C#CCOc1c(Cl)cc(C[C@@H]2SC(=O)N(c3cccc(Cl)c3)C2=O)cc1OC. The van der Waals surface area contributed by atoms with E-state index in [1.165, 1.54) is 7.11 Å². The number of rotatable bonds is 6.